The molecule has 1 aliphatic rings. The first-order chi connectivity index (χ1) is 15.3. The number of fused-ring (bicyclic) bond motifs is 4. The van der Waals surface area contributed by atoms with Crippen LogP contribution in [0, 0.1) is 0 Å². The molecule has 0 amide bonds. The van der Waals surface area contributed by atoms with Crippen molar-refractivity contribution < 1.29 is 4.42 Å². The lowest BCUT2D eigenvalue weighted by atomic mass is 9.95. The van der Waals surface area contributed by atoms with Crippen molar-refractivity contribution in [2.24, 2.45) is 0 Å². The number of hydrogen-bond acceptors (Lipinski definition) is 5. The fourth-order valence-electron chi connectivity index (χ4n) is 4.84. The largest absolute Gasteiger partial charge is 0.455 e. The van der Waals surface area contributed by atoms with E-state index in [4.69, 9.17) is 10.2 Å². The Balaban J connectivity index is 1.51. The molecule has 0 bridgehead atoms. The van der Waals surface area contributed by atoms with E-state index in [0.717, 1.165) is 49.8 Å². The average molecular weight is 409 g/mol. The van der Waals surface area contributed by atoms with Gasteiger partial charge < -0.3 is 15.5 Å². The van der Waals surface area contributed by atoms with E-state index in [-0.39, 0.29) is 0 Å². The van der Waals surface area contributed by atoms with Gasteiger partial charge in [0.1, 0.15) is 17.0 Å². The third-order valence-corrected chi connectivity index (χ3v) is 6.37. The molecule has 1 saturated carbocycles. The number of nitrogen functional groups attached to an aromatic ring is 1. The van der Waals surface area contributed by atoms with Crippen LogP contribution in [-0.2, 0) is 0 Å². The number of hydrogen-bond donors (Lipinski definition) is 2. The number of aromatic nitrogens is 2. The summed E-state index contributed by atoms with van der Waals surface area (Å²) in [7, 11) is 0. The molecule has 0 radical (unpaired) electrons. The van der Waals surface area contributed by atoms with E-state index in [1.807, 2.05) is 24.3 Å². The molecular formula is C26H24N4O. The van der Waals surface area contributed by atoms with Crippen molar-refractivity contribution in [1.82, 2.24) is 9.97 Å². The second-order valence-electron chi connectivity index (χ2n) is 8.42. The van der Waals surface area contributed by atoms with Gasteiger partial charge >= 0.3 is 0 Å². The number of para-hydroxylation sites is 2. The molecule has 31 heavy (non-hydrogen) atoms. The monoisotopic (exact) mass is 408 g/mol. The maximum Gasteiger partial charge on any atom is 0.222 e. The van der Waals surface area contributed by atoms with E-state index in [0.29, 0.717) is 12.0 Å². The van der Waals surface area contributed by atoms with Crippen LogP contribution in [0.4, 0.5) is 11.8 Å². The highest BCUT2D eigenvalue weighted by Gasteiger charge is 2.17. The van der Waals surface area contributed by atoms with Crippen LogP contribution < -0.4 is 11.1 Å². The van der Waals surface area contributed by atoms with E-state index >= 15 is 0 Å². The van der Waals surface area contributed by atoms with Crippen LogP contribution in [0.15, 0.2) is 65.1 Å². The third-order valence-electron chi connectivity index (χ3n) is 6.37. The van der Waals surface area contributed by atoms with Crippen LogP contribution in [0.2, 0.25) is 0 Å². The molecule has 154 valence electrons. The maximum absolute atomic E-state index is 6.25. The van der Waals surface area contributed by atoms with E-state index in [2.05, 4.69) is 51.7 Å². The summed E-state index contributed by atoms with van der Waals surface area (Å²) in [5.41, 5.74) is 10.8. The van der Waals surface area contributed by atoms with Crippen molar-refractivity contribution in [3.05, 3.63) is 60.7 Å². The Bertz CT molecular complexity index is 1420. The second kappa shape index (κ2) is 7.27. The molecule has 0 atom stereocenters. The minimum absolute atomic E-state index is 0.304. The van der Waals surface area contributed by atoms with Crippen LogP contribution in [0.25, 0.3) is 44.0 Å². The molecule has 3 N–H and O–H groups in total. The zero-order valence-corrected chi connectivity index (χ0v) is 17.3. The smallest absolute Gasteiger partial charge is 0.222 e. The normalized spacial score (nSPS) is 15.1. The van der Waals surface area contributed by atoms with E-state index < -0.39 is 0 Å². The zero-order chi connectivity index (χ0) is 20.8. The van der Waals surface area contributed by atoms with Crippen LogP contribution in [0.5, 0.6) is 0 Å². The number of nitrogens with zero attached hydrogens (tertiary/aromatic N) is 2. The molecule has 3 aromatic carbocycles. The van der Waals surface area contributed by atoms with Gasteiger partial charge in [-0.15, -0.1) is 0 Å². The fourth-order valence-corrected chi connectivity index (χ4v) is 4.84. The van der Waals surface area contributed by atoms with Gasteiger partial charge in [-0.25, -0.2) is 4.98 Å². The van der Waals surface area contributed by atoms with Crippen molar-refractivity contribution in [2.75, 3.05) is 11.1 Å². The highest BCUT2D eigenvalue weighted by molar-refractivity contribution is 6.10. The Morgan fingerprint density at radius 1 is 0.839 bits per heavy atom. The molecule has 2 heterocycles. The summed E-state index contributed by atoms with van der Waals surface area (Å²) in [4.78, 5) is 9.02. The van der Waals surface area contributed by atoms with Crippen molar-refractivity contribution in [1.29, 1.82) is 0 Å². The number of nitrogens with one attached hydrogen (secondary N) is 1. The van der Waals surface area contributed by atoms with E-state index in [1.54, 1.807) is 0 Å². The lowest BCUT2D eigenvalue weighted by Gasteiger charge is -2.24. The number of benzene rings is 3. The predicted octanol–water partition coefficient (Wildman–Crippen LogP) is 6.52. The molecule has 2 aromatic heterocycles. The van der Waals surface area contributed by atoms with Gasteiger partial charge in [0.15, 0.2) is 0 Å². The Morgan fingerprint density at radius 3 is 2.58 bits per heavy atom. The molecule has 5 aromatic rings. The van der Waals surface area contributed by atoms with E-state index in [1.165, 1.54) is 32.1 Å². The van der Waals surface area contributed by atoms with Gasteiger partial charge in [-0.1, -0.05) is 61.7 Å². The summed E-state index contributed by atoms with van der Waals surface area (Å²) in [6, 6.07) is 21.2. The molecule has 0 unspecified atom stereocenters. The molecule has 6 rings (SSSR count). The lowest BCUT2D eigenvalue weighted by Crippen LogP contribution is -2.23. The van der Waals surface area contributed by atoms with Crippen molar-refractivity contribution in [3.63, 3.8) is 0 Å². The topological polar surface area (TPSA) is 77.0 Å². The van der Waals surface area contributed by atoms with Gasteiger partial charge in [0, 0.05) is 27.8 Å². The SMILES string of the molecule is Nc1nc(NC2CCCCC2)c2cc(-c3cccc4c3oc3ccccc34)ccc2n1. The van der Waals surface area contributed by atoms with E-state index in [9.17, 15) is 0 Å². The van der Waals surface area contributed by atoms with Gasteiger partial charge in [0.05, 0.1) is 5.52 Å². The highest BCUT2D eigenvalue weighted by atomic mass is 16.3. The Kier molecular flexibility index (Phi) is 4.27. The number of furan rings is 1. The zero-order valence-electron chi connectivity index (χ0n) is 17.3. The summed E-state index contributed by atoms with van der Waals surface area (Å²) in [6.45, 7) is 0. The molecule has 0 aliphatic heterocycles. The van der Waals surface area contributed by atoms with Crippen LogP contribution in [0.1, 0.15) is 32.1 Å². The molecule has 1 fully saturated rings. The predicted molar refractivity (Wildman–Crippen MR) is 127 cm³/mol. The standard InChI is InChI=1S/C26H24N4O/c27-26-29-22-14-13-16(15-21(22)25(30-26)28-17-7-2-1-3-8-17)18-10-6-11-20-19-9-4-5-12-23(19)31-24(18)20/h4-6,9-15,17H,1-3,7-8H2,(H3,27,28,29,30). The quantitative estimate of drug-likeness (QED) is 0.355. The second-order valence-corrected chi connectivity index (χ2v) is 8.42. The first-order valence-electron chi connectivity index (χ1n) is 11.0. The first-order valence-corrected chi connectivity index (χ1v) is 11.0. The summed E-state index contributed by atoms with van der Waals surface area (Å²) < 4.78 is 6.25. The molecule has 5 heteroatoms. The lowest BCUT2D eigenvalue weighted by molar-refractivity contribution is 0.462. The third kappa shape index (κ3) is 3.17. The average Bonchev–Trinajstić information content (AvgIpc) is 3.18. The van der Waals surface area contributed by atoms with Gasteiger partial charge in [-0.2, -0.15) is 4.98 Å². The summed E-state index contributed by atoms with van der Waals surface area (Å²) >= 11 is 0. The van der Waals surface area contributed by atoms with Crippen molar-refractivity contribution >= 4 is 44.6 Å². The Hall–Kier alpha value is -3.60. The van der Waals surface area contributed by atoms with Crippen molar-refractivity contribution in [2.45, 2.75) is 38.1 Å². The van der Waals surface area contributed by atoms with Gasteiger partial charge in [0.25, 0.3) is 0 Å². The molecule has 0 spiro atoms. The van der Waals surface area contributed by atoms with Gasteiger partial charge in [0.2, 0.25) is 5.95 Å². The van der Waals surface area contributed by atoms with Crippen molar-refractivity contribution in [3.8, 4) is 11.1 Å². The minimum atomic E-state index is 0.304. The maximum atomic E-state index is 6.25. The first kappa shape index (κ1) is 18.2. The van der Waals surface area contributed by atoms with Gasteiger partial charge in [-0.3, -0.25) is 0 Å². The summed E-state index contributed by atoms with van der Waals surface area (Å²) in [6.07, 6.45) is 6.17. The summed E-state index contributed by atoms with van der Waals surface area (Å²) in [5, 5.41) is 6.90. The number of nitrogens with two attached hydrogens (primary N) is 1. The Labute approximate surface area is 180 Å². The fraction of sp³-hybridized carbons (Fsp3) is 0.231. The van der Waals surface area contributed by atoms with Gasteiger partial charge in [-0.05, 0) is 36.6 Å². The molecule has 0 saturated heterocycles. The number of rotatable bonds is 3. The molecular weight excluding hydrogens is 384 g/mol. The van der Waals surface area contributed by atoms with Crippen LogP contribution >= 0.6 is 0 Å². The highest BCUT2D eigenvalue weighted by Crippen LogP contribution is 2.37. The molecule has 5 nitrogen and oxygen atoms in total. The molecule has 1 aliphatic carbocycles. The Morgan fingerprint density at radius 2 is 1.68 bits per heavy atom. The minimum Gasteiger partial charge on any atom is -0.455 e. The van der Waals surface area contributed by atoms with Crippen LogP contribution in [0.3, 0.4) is 0 Å². The summed E-state index contributed by atoms with van der Waals surface area (Å²) in [5.74, 6) is 1.13. The van der Waals surface area contributed by atoms with Crippen LogP contribution in [-0.4, -0.2) is 16.0 Å². The number of anilines is 2.